The van der Waals surface area contributed by atoms with Crippen LogP contribution in [0.4, 0.5) is 0 Å². The van der Waals surface area contributed by atoms with Crippen molar-refractivity contribution in [1.82, 2.24) is 0 Å². The molecule has 0 saturated heterocycles. The van der Waals surface area contributed by atoms with Crippen LogP contribution in [-0.2, 0) is 4.79 Å². The highest BCUT2D eigenvalue weighted by Gasteiger charge is 2.68. The third-order valence-electron chi connectivity index (χ3n) is 12.7. The number of hydrogen-bond acceptors (Lipinski definition) is 2. The molecular formula is C24H45B5O3. The number of carbonyl (C=O) groups is 1. The van der Waals surface area contributed by atoms with E-state index in [9.17, 15) is 15.0 Å². The molecule has 9 atom stereocenters. The van der Waals surface area contributed by atoms with Crippen molar-refractivity contribution >= 4 is 45.2 Å². The molecule has 3 nitrogen and oxygen atoms in total. The molecule has 4 rings (SSSR count). The second-order valence-corrected chi connectivity index (χ2v) is 14.5. The maximum absolute atomic E-state index is 11.7. The summed E-state index contributed by atoms with van der Waals surface area (Å²) in [5.41, 5.74) is 0.0260. The maximum Gasteiger partial charge on any atom is 0.303 e. The van der Waals surface area contributed by atoms with Crippen LogP contribution in [-0.4, -0.2) is 60.9 Å². The fourth-order valence-electron chi connectivity index (χ4n) is 10.8. The van der Waals surface area contributed by atoms with E-state index in [-0.39, 0.29) is 10.4 Å². The van der Waals surface area contributed by atoms with E-state index in [2.05, 4.69) is 60.0 Å². The topological polar surface area (TPSA) is 57.5 Å². The van der Waals surface area contributed by atoms with Crippen LogP contribution in [0.2, 0.25) is 10.4 Å². The third-order valence-corrected chi connectivity index (χ3v) is 12.7. The van der Waals surface area contributed by atoms with Gasteiger partial charge in [0.05, 0.1) is 0 Å². The molecular weight excluding hydrogens is 390 g/mol. The average molecular weight is 436 g/mol. The lowest BCUT2D eigenvalue weighted by atomic mass is 9.18. The summed E-state index contributed by atoms with van der Waals surface area (Å²) in [7, 11) is 11.4. The second kappa shape index (κ2) is 7.63. The summed E-state index contributed by atoms with van der Waals surface area (Å²) >= 11 is 0. The van der Waals surface area contributed by atoms with Gasteiger partial charge in [-0.05, 0) is 84.9 Å². The predicted molar refractivity (Wildman–Crippen MR) is 145 cm³/mol. The van der Waals surface area contributed by atoms with Crippen LogP contribution >= 0.6 is 0 Å². The van der Waals surface area contributed by atoms with Crippen LogP contribution < -0.4 is 0 Å². The Balaban J connectivity index is 1.61. The lowest BCUT2D eigenvalue weighted by Gasteiger charge is -2.71. The van der Waals surface area contributed by atoms with Gasteiger partial charge in [-0.2, -0.15) is 0 Å². The molecule has 0 amide bonds. The lowest BCUT2D eigenvalue weighted by molar-refractivity contribution is -0.147. The number of carboxylic acid groups (broad SMARTS) is 1. The quantitative estimate of drug-likeness (QED) is 0.631. The van der Waals surface area contributed by atoms with Crippen LogP contribution in [0.25, 0.3) is 0 Å². The van der Waals surface area contributed by atoms with E-state index < -0.39 is 11.5 Å². The van der Waals surface area contributed by atoms with Crippen LogP contribution in [0.1, 0.15) is 78.6 Å². The molecule has 4 saturated carbocycles. The molecule has 4 fully saturated rings. The molecule has 0 radical (unpaired) electrons. The molecule has 0 aliphatic heterocycles. The van der Waals surface area contributed by atoms with Crippen molar-refractivity contribution in [3.8, 4) is 0 Å². The minimum absolute atomic E-state index is 0.0845. The highest BCUT2D eigenvalue weighted by Crippen LogP contribution is 2.74. The standard InChI is InChI=1S/C24H45B5O3/c1-13(4-9-19(30)31)15-6-7-16-14-5-8-18-21(3,17(14)10-11-20(15,16)2)12-22(25,26)24(29,32)23(18,27)28/h13-18,32H,4-12,25-29H2,1-3H3,(H,30,31)/t13-,14+,15-,16+,17+,18+,20-,21-,24+/m1/s1. The minimum Gasteiger partial charge on any atom is -0.481 e. The molecule has 174 valence electrons. The van der Waals surface area contributed by atoms with E-state index in [4.69, 9.17) is 0 Å². The van der Waals surface area contributed by atoms with Crippen LogP contribution in [0.3, 0.4) is 0 Å². The summed E-state index contributed by atoms with van der Waals surface area (Å²) in [5.74, 6) is 3.49. The van der Waals surface area contributed by atoms with Gasteiger partial charge in [0.1, 0.15) is 39.2 Å². The van der Waals surface area contributed by atoms with Crippen molar-refractivity contribution in [2.24, 2.45) is 46.3 Å². The first kappa shape index (κ1) is 24.9. The van der Waals surface area contributed by atoms with Gasteiger partial charge < -0.3 is 10.2 Å². The fourth-order valence-corrected chi connectivity index (χ4v) is 10.8. The zero-order chi connectivity index (χ0) is 23.9. The first-order valence-electron chi connectivity index (χ1n) is 13.5. The number of hydrogen-bond donors (Lipinski definition) is 2. The summed E-state index contributed by atoms with van der Waals surface area (Å²) in [6.07, 6.45) is 10.1. The monoisotopic (exact) mass is 436 g/mol. The summed E-state index contributed by atoms with van der Waals surface area (Å²) < 4.78 is 0. The zero-order valence-corrected chi connectivity index (χ0v) is 22.1. The zero-order valence-electron chi connectivity index (χ0n) is 22.1. The summed E-state index contributed by atoms with van der Waals surface area (Å²) in [4.78, 5) is 11.2. The number of fused-ring (bicyclic) bond motifs is 5. The van der Waals surface area contributed by atoms with Crippen LogP contribution in [0.5, 0.6) is 0 Å². The van der Waals surface area contributed by atoms with E-state index in [0.717, 1.165) is 30.6 Å². The predicted octanol–water partition coefficient (Wildman–Crippen LogP) is 0.453. The Morgan fingerprint density at radius 2 is 1.59 bits per heavy atom. The Bertz CT molecular complexity index is 771. The Morgan fingerprint density at radius 3 is 2.22 bits per heavy atom. The molecule has 4 aliphatic rings. The van der Waals surface area contributed by atoms with E-state index in [1.807, 2.05) is 0 Å². The van der Waals surface area contributed by atoms with Gasteiger partial charge >= 0.3 is 5.97 Å². The molecule has 0 spiro atoms. The van der Waals surface area contributed by atoms with Gasteiger partial charge in [0.25, 0.3) is 0 Å². The largest absolute Gasteiger partial charge is 0.481 e. The third kappa shape index (κ3) is 3.27. The average Bonchev–Trinajstić information content (AvgIpc) is 3.01. The summed E-state index contributed by atoms with van der Waals surface area (Å²) in [6, 6.07) is 0. The van der Waals surface area contributed by atoms with Crippen molar-refractivity contribution in [1.29, 1.82) is 0 Å². The molecule has 0 aromatic heterocycles. The first-order chi connectivity index (χ1) is 14.6. The molecule has 32 heavy (non-hydrogen) atoms. The van der Waals surface area contributed by atoms with E-state index in [1.54, 1.807) is 0 Å². The van der Waals surface area contributed by atoms with Gasteiger partial charge in [0.2, 0.25) is 0 Å². The molecule has 8 heteroatoms. The van der Waals surface area contributed by atoms with Gasteiger partial charge in [-0.15, -0.1) is 0 Å². The molecule has 0 bridgehead atoms. The normalized spacial score (nSPS) is 49.9. The Kier molecular flexibility index (Phi) is 5.93. The summed E-state index contributed by atoms with van der Waals surface area (Å²) in [6.45, 7) is 7.48. The van der Waals surface area contributed by atoms with Gasteiger partial charge in [-0.25, -0.2) is 0 Å². The molecule has 4 aliphatic carbocycles. The van der Waals surface area contributed by atoms with Gasteiger partial charge in [0, 0.05) is 11.9 Å². The fraction of sp³-hybridized carbons (Fsp3) is 0.958. The van der Waals surface area contributed by atoms with Crippen molar-refractivity contribution in [3.05, 3.63) is 0 Å². The van der Waals surface area contributed by atoms with Crippen LogP contribution in [0, 0.1) is 46.3 Å². The van der Waals surface area contributed by atoms with E-state index in [0.29, 0.717) is 35.0 Å². The van der Waals surface area contributed by atoms with E-state index in [1.165, 1.54) is 38.5 Å². The summed E-state index contributed by atoms with van der Waals surface area (Å²) in [5, 5.41) is 20.7. The maximum atomic E-state index is 11.7. The number of rotatable bonds is 4. The molecule has 0 aromatic rings. The van der Waals surface area contributed by atoms with Gasteiger partial charge in [0.15, 0.2) is 0 Å². The Labute approximate surface area is 201 Å². The van der Waals surface area contributed by atoms with Crippen molar-refractivity contribution in [2.75, 3.05) is 0 Å². The second-order valence-electron chi connectivity index (χ2n) is 14.5. The number of aliphatic hydroxyl groups is 1. The van der Waals surface area contributed by atoms with Gasteiger partial charge in [-0.3, -0.25) is 4.79 Å². The highest BCUT2D eigenvalue weighted by molar-refractivity contribution is 6.52. The number of carboxylic acids is 1. The van der Waals surface area contributed by atoms with Crippen LogP contribution in [0.15, 0.2) is 0 Å². The lowest BCUT2D eigenvalue weighted by Crippen LogP contribution is -2.68. The van der Waals surface area contributed by atoms with Gasteiger partial charge in [-0.1, -0.05) is 44.0 Å². The SMILES string of the molecule is BC1(B)C[C@@]2(C)[C@H](CC[C@@H]3[C@@H]2CC[C@]2(C)[C@@H]([C@H](C)CCC(=O)O)CC[C@@H]32)C(B)(B)[C@@]1(B)O. The van der Waals surface area contributed by atoms with Crippen molar-refractivity contribution in [2.45, 2.75) is 94.5 Å². The molecule has 0 heterocycles. The Hall–Kier alpha value is -0.245. The Morgan fingerprint density at radius 1 is 0.969 bits per heavy atom. The molecule has 0 unspecified atom stereocenters. The highest BCUT2D eigenvalue weighted by atomic mass is 16.4. The molecule has 2 N–H and O–H groups in total. The smallest absolute Gasteiger partial charge is 0.303 e. The molecule has 0 aromatic carbocycles. The van der Waals surface area contributed by atoms with Crippen molar-refractivity contribution in [3.63, 3.8) is 0 Å². The minimum atomic E-state index is -0.655. The van der Waals surface area contributed by atoms with Crippen molar-refractivity contribution < 1.29 is 15.0 Å². The van der Waals surface area contributed by atoms with E-state index >= 15 is 0 Å². The number of aliphatic carboxylic acids is 1. The first-order valence-corrected chi connectivity index (χ1v) is 13.5.